The smallest absolute Gasteiger partial charge is 0.140 e. The number of anilines is 1. The topological polar surface area (TPSA) is 24.9 Å². The Morgan fingerprint density at radius 3 is 2.73 bits per heavy atom. The van der Waals surface area contributed by atoms with E-state index in [1.165, 1.54) is 6.42 Å². The van der Waals surface area contributed by atoms with Gasteiger partial charge in [0.05, 0.1) is 4.47 Å². The molecule has 1 saturated carbocycles. The first-order chi connectivity index (χ1) is 6.99. The molecule has 82 valence electrons. The van der Waals surface area contributed by atoms with Crippen LogP contribution in [0.4, 0.5) is 5.82 Å². The van der Waals surface area contributed by atoms with Crippen molar-refractivity contribution in [2.24, 2.45) is 11.3 Å². The predicted molar refractivity (Wildman–Crippen MR) is 70.0 cm³/mol. The summed E-state index contributed by atoms with van der Waals surface area (Å²) in [7, 11) is 0. The molecule has 0 amide bonds. The summed E-state index contributed by atoms with van der Waals surface area (Å²) in [5.74, 6) is 1.72. The van der Waals surface area contributed by atoms with Crippen LogP contribution in [0.25, 0.3) is 0 Å². The minimum absolute atomic E-state index is 0.523. The van der Waals surface area contributed by atoms with Gasteiger partial charge in [-0.25, -0.2) is 4.98 Å². The van der Waals surface area contributed by atoms with E-state index in [9.17, 15) is 0 Å². The SMILES string of the molecule is CC1(C)CC1CNc1ncc(Br)cc1Br. The molecular formula is C11H14Br2N2. The highest BCUT2D eigenvalue weighted by Gasteiger charge is 2.45. The zero-order valence-corrected chi connectivity index (χ0v) is 12.0. The summed E-state index contributed by atoms with van der Waals surface area (Å²) < 4.78 is 2.00. The molecule has 15 heavy (non-hydrogen) atoms. The molecular weight excluding hydrogens is 320 g/mol. The van der Waals surface area contributed by atoms with Gasteiger partial charge in [-0.15, -0.1) is 0 Å². The standard InChI is InChI=1S/C11H14Br2N2/c1-11(2)4-7(11)5-14-10-9(13)3-8(12)6-15-10/h3,6-7H,4-5H2,1-2H3,(H,14,15). The molecule has 0 saturated heterocycles. The molecule has 0 bridgehead atoms. The number of hydrogen-bond donors (Lipinski definition) is 1. The Kier molecular flexibility index (Phi) is 3.08. The number of pyridine rings is 1. The summed E-state index contributed by atoms with van der Waals surface area (Å²) in [4.78, 5) is 4.32. The third-order valence-corrected chi connectivity index (χ3v) is 4.08. The van der Waals surface area contributed by atoms with E-state index in [2.05, 4.69) is 56.0 Å². The normalized spacial score (nSPS) is 22.5. The summed E-state index contributed by atoms with van der Waals surface area (Å²) in [6, 6.07) is 2.01. The van der Waals surface area contributed by atoms with Gasteiger partial charge in [-0.3, -0.25) is 0 Å². The van der Waals surface area contributed by atoms with Gasteiger partial charge in [0.25, 0.3) is 0 Å². The van der Waals surface area contributed by atoms with Crippen LogP contribution in [-0.4, -0.2) is 11.5 Å². The molecule has 1 unspecified atom stereocenters. The first kappa shape index (κ1) is 11.4. The van der Waals surface area contributed by atoms with Crippen LogP contribution in [0.5, 0.6) is 0 Å². The highest BCUT2D eigenvalue weighted by Crippen LogP contribution is 2.51. The molecule has 0 aromatic carbocycles. The molecule has 0 aliphatic heterocycles. The fourth-order valence-corrected chi connectivity index (χ4v) is 2.82. The molecule has 1 aromatic heterocycles. The number of aromatic nitrogens is 1. The minimum Gasteiger partial charge on any atom is -0.369 e. The van der Waals surface area contributed by atoms with Gasteiger partial charge in [0.2, 0.25) is 0 Å². The lowest BCUT2D eigenvalue weighted by atomic mass is 10.1. The van der Waals surface area contributed by atoms with Crippen LogP contribution >= 0.6 is 31.9 Å². The van der Waals surface area contributed by atoms with Crippen molar-refractivity contribution < 1.29 is 0 Å². The molecule has 1 aliphatic carbocycles. The van der Waals surface area contributed by atoms with Gasteiger partial charge < -0.3 is 5.32 Å². The lowest BCUT2D eigenvalue weighted by Gasteiger charge is -2.08. The van der Waals surface area contributed by atoms with Gasteiger partial charge >= 0.3 is 0 Å². The summed E-state index contributed by atoms with van der Waals surface area (Å²) >= 11 is 6.88. The van der Waals surface area contributed by atoms with Crippen molar-refractivity contribution in [1.29, 1.82) is 0 Å². The largest absolute Gasteiger partial charge is 0.369 e. The average molecular weight is 334 g/mol. The van der Waals surface area contributed by atoms with Crippen LogP contribution in [0.1, 0.15) is 20.3 Å². The van der Waals surface area contributed by atoms with Crippen molar-refractivity contribution in [2.45, 2.75) is 20.3 Å². The molecule has 2 rings (SSSR count). The van der Waals surface area contributed by atoms with E-state index in [4.69, 9.17) is 0 Å². The Balaban J connectivity index is 1.94. The molecule has 0 spiro atoms. The second kappa shape index (κ2) is 4.06. The quantitative estimate of drug-likeness (QED) is 0.902. The summed E-state index contributed by atoms with van der Waals surface area (Å²) in [6.07, 6.45) is 3.12. The summed E-state index contributed by atoms with van der Waals surface area (Å²) in [6.45, 7) is 5.63. The van der Waals surface area contributed by atoms with Crippen molar-refractivity contribution in [3.8, 4) is 0 Å². The maximum absolute atomic E-state index is 4.32. The van der Waals surface area contributed by atoms with Crippen molar-refractivity contribution in [1.82, 2.24) is 4.98 Å². The van der Waals surface area contributed by atoms with E-state index >= 15 is 0 Å². The predicted octanol–water partition coefficient (Wildman–Crippen LogP) is 4.06. The molecule has 1 fully saturated rings. The average Bonchev–Trinajstić information content (AvgIpc) is 2.73. The monoisotopic (exact) mass is 332 g/mol. The summed E-state index contributed by atoms with van der Waals surface area (Å²) in [5, 5.41) is 3.38. The number of hydrogen-bond acceptors (Lipinski definition) is 2. The zero-order chi connectivity index (χ0) is 11.1. The van der Waals surface area contributed by atoms with Gasteiger partial charge in [0.15, 0.2) is 0 Å². The van der Waals surface area contributed by atoms with Crippen molar-refractivity contribution in [3.63, 3.8) is 0 Å². The molecule has 2 nitrogen and oxygen atoms in total. The second-order valence-corrected chi connectivity index (χ2v) is 6.52. The van der Waals surface area contributed by atoms with E-state index < -0.39 is 0 Å². The van der Waals surface area contributed by atoms with E-state index in [0.29, 0.717) is 5.41 Å². The Morgan fingerprint density at radius 2 is 2.20 bits per heavy atom. The number of nitrogens with zero attached hydrogens (tertiary/aromatic N) is 1. The van der Waals surface area contributed by atoms with Gasteiger partial charge in [-0.2, -0.15) is 0 Å². The van der Waals surface area contributed by atoms with Crippen molar-refractivity contribution >= 4 is 37.7 Å². The Morgan fingerprint density at radius 1 is 1.53 bits per heavy atom. The molecule has 0 radical (unpaired) electrons. The fourth-order valence-electron chi connectivity index (χ4n) is 1.69. The highest BCUT2D eigenvalue weighted by atomic mass is 79.9. The molecule has 4 heteroatoms. The number of halogens is 2. The van der Waals surface area contributed by atoms with Crippen molar-refractivity contribution in [2.75, 3.05) is 11.9 Å². The third-order valence-electron chi connectivity index (χ3n) is 3.04. The highest BCUT2D eigenvalue weighted by molar-refractivity contribution is 9.11. The molecule has 1 heterocycles. The van der Waals surface area contributed by atoms with Crippen LogP contribution in [0.15, 0.2) is 21.2 Å². The van der Waals surface area contributed by atoms with E-state index in [1.807, 2.05) is 12.3 Å². The zero-order valence-electron chi connectivity index (χ0n) is 8.85. The Hall–Kier alpha value is -0.0900. The van der Waals surface area contributed by atoms with Gasteiger partial charge in [-0.1, -0.05) is 13.8 Å². The van der Waals surface area contributed by atoms with Gasteiger partial charge in [-0.05, 0) is 55.7 Å². The lowest BCUT2D eigenvalue weighted by Crippen LogP contribution is -2.08. The molecule has 1 atom stereocenters. The second-order valence-electron chi connectivity index (χ2n) is 4.75. The maximum Gasteiger partial charge on any atom is 0.140 e. The maximum atomic E-state index is 4.32. The molecule has 1 N–H and O–H groups in total. The lowest BCUT2D eigenvalue weighted by molar-refractivity contribution is 0.573. The van der Waals surface area contributed by atoms with E-state index in [1.54, 1.807) is 0 Å². The first-order valence-corrected chi connectivity index (χ1v) is 6.62. The van der Waals surface area contributed by atoms with Gasteiger partial charge in [0, 0.05) is 17.2 Å². The number of nitrogens with one attached hydrogen (secondary N) is 1. The van der Waals surface area contributed by atoms with Crippen LogP contribution in [0, 0.1) is 11.3 Å². The van der Waals surface area contributed by atoms with Gasteiger partial charge in [0.1, 0.15) is 5.82 Å². The summed E-state index contributed by atoms with van der Waals surface area (Å²) in [5.41, 5.74) is 0.523. The molecule has 1 aromatic rings. The van der Waals surface area contributed by atoms with E-state index in [0.717, 1.165) is 27.2 Å². The van der Waals surface area contributed by atoms with E-state index in [-0.39, 0.29) is 0 Å². The number of rotatable bonds is 3. The minimum atomic E-state index is 0.523. The fraction of sp³-hybridized carbons (Fsp3) is 0.545. The van der Waals surface area contributed by atoms with Crippen molar-refractivity contribution in [3.05, 3.63) is 21.2 Å². The first-order valence-electron chi connectivity index (χ1n) is 5.04. The van der Waals surface area contributed by atoms with Crippen LogP contribution < -0.4 is 5.32 Å². The van der Waals surface area contributed by atoms with Crippen LogP contribution in [0.3, 0.4) is 0 Å². The Bertz CT molecular complexity index is 377. The third kappa shape index (κ3) is 2.72. The Labute approximate surface area is 107 Å². The van der Waals surface area contributed by atoms with Crippen LogP contribution in [0.2, 0.25) is 0 Å². The van der Waals surface area contributed by atoms with Crippen LogP contribution in [-0.2, 0) is 0 Å². The molecule has 1 aliphatic rings.